The molecule has 1 aromatic carbocycles. The first-order chi connectivity index (χ1) is 17.0. The van der Waals surface area contributed by atoms with Gasteiger partial charge in [0.1, 0.15) is 11.6 Å². The summed E-state index contributed by atoms with van der Waals surface area (Å²) in [5, 5.41) is 13.3. The van der Waals surface area contributed by atoms with Crippen LogP contribution in [0.25, 0.3) is 11.0 Å². The molecule has 35 heavy (non-hydrogen) atoms. The highest BCUT2D eigenvalue weighted by molar-refractivity contribution is 5.99. The lowest BCUT2D eigenvalue weighted by Gasteiger charge is -2.32. The van der Waals surface area contributed by atoms with Crippen LogP contribution in [0.2, 0.25) is 0 Å². The van der Waals surface area contributed by atoms with Crippen LogP contribution in [0.15, 0.2) is 28.7 Å². The minimum atomic E-state index is -1.06. The molecule has 1 saturated carbocycles. The van der Waals surface area contributed by atoms with E-state index in [4.69, 9.17) is 13.9 Å². The zero-order valence-electron chi connectivity index (χ0n) is 20.2. The van der Waals surface area contributed by atoms with E-state index in [-0.39, 0.29) is 24.2 Å². The van der Waals surface area contributed by atoms with Crippen LogP contribution in [0, 0.1) is 11.8 Å². The Kier molecular flexibility index (Phi) is 8.28. The number of rotatable bonds is 9. The number of hydrogen-bond acceptors (Lipinski definition) is 6. The van der Waals surface area contributed by atoms with E-state index >= 15 is 0 Å². The number of carboxylic acid groups (broad SMARTS) is 1. The molecule has 9 heteroatoms. The van der Waals surface area contributed by atoms with Crippen LogP contribution in [-0.2, 0) is 14.3 Å². The van der Waals surface area contributed by atoms with E-state index in [1.807, 2.05) is 6.92 Å². The molecule has 2 heterocycles. The Morgan fingerprint density at radius 1 is 1.11 bits per heavy atom. The molecule has 0 radical (unpaired) electrons. The molecule has 9 nitrogen and oxygen atoms in total. The summed E-state index contributed by atoms with van der Waals surface area (Å²) in [5.41, 5.74) is 1.02. The molecular formula is C26H34N2O7. The average Bonchev–Trinajstić information content (AvgIpc) is 3.49. The van der Waals surface area contributed by atoms with Gasteiger partial charge in [-0.3, -0.25) is 9.69 Å². The Morgan fingerprint density at radius 3 is 2.66 bits per heavy atom. The number of ether oxygens (including phenoxy) is 2. The summed E-state index contributed by atoms with van der Waals surface area (Å²) >= 11 is 0. The number of carbonyl (C=O) groups is 3. The summed E-state index contributed by atoms with van der Waals surface area (Å²) in [5.74, 6) is -0.362. The number of likely N-dealkylation sites (tertiary alicyclic amines) is 1. The third-order valence-corrected chi connectivity index (χ3v) is 7.07. The van der Waals surface area contributed by atoms with Gasteiger partial charge < -0.3 is 24.3 Å². The van der Waals surface area contributed by atoms with Crippen molar-refractivity contribution < 1.29 is 33.4 Å². The van der Waals surface area contributed by atoms with E-state index in [0.717, 1.165) is 25.7 Å². The van der Waals surface area contributed by atoms with Gasteiger partial charge in [0, 0.05) is 37.3 Å². The molecule has 1 aliphatic carbocycles. The summed E-state index contributed by atoms with van der Waals surface area (Å²) < 4.78 is 16.1. The molecule has 2 N–H and O–H groups in total. The number of benzene rings is 1. The highest BCUT2D eigenvalue weighted by Crippen LogP contribution is 2.39. The molecule has 2 fully saturated rings. The summed E-state index contributed by atoms with van der Waals surface area (Å²) in [4.78, 5) is 38.7. The Morgan fingerprint density at radius 2 is 1.91 bits per heavy atom. The number of hydrogen-bond donors (Lipinski definition) is 2. The quantitative estimate of drug-likeness (QED) is 0.382. The highest BCUT2D eigenvalue weighted by Gasteiger charge is 2.45. The topological polar surface area (TPSA) is 118 Å². The van der Waals surface area contributed by atoms with Gasteiger partial charge in [0.25, 0.3) is 0 Å². The third-order valence-electron chi connectivity index (χ3n) is 7.07. The highest BCUT2D eigenvalue weighted by atomic mass is 16.5. The standard InChI is InChI=1S/C26H34N2O7/c1-2-33-13-6-14-34-25(30)22-16-18-15-19(9-10-21(18)35-22)27-24(29)23-20(11-12-28(23)26(31)32)17-7-4-3-5-8-17/h9-10,15-17,20,23H,2-8,11-14H2,1H3,(H,27,29)(H,31,32)/t20-,23-/m0/s1. The molecule has 2 aliphatic rings. The molecule has 190 valence electrons. The second-order valence-corrected chi connectivity index (χ2v) is 9.31. The Bertz CT molecular complexity index is 1040. The number of carbonyl (C=O) groups excluding carboxylic acids is 2. The molecule has 1 saturated heterocycles. The van der Waals surface area contributed by atoms with E-state index in [0.29, 0.717) is 55.2 Å². The van der Waals surface area contributed by atoms with Gasteiger partial charge in [-0.15, -0.1) is 0 Å². The minimum Gasteiger partial charge on any atom is -0.465 e. The first-order valence-corrected chi connectivity index (χ1v) is 12.6. The number of fused-ring (bicyclic) bond motifs is 1. The fourth-order valence-corrected chi connectivity index (χ4v) is 5.40. The summed E-state index contributed by atoms with van der Waals surface area (Å²) in [6.07, 6.45) is 5.83. The Balaban J connectivity index is 1.43. The van der Waals surface area contributed by atoms with Crippen molar-refractivity contribution in [1.29, 1.82) is 0 Å². The van der Waals surface area contributed by atoms with Crippen molar-refractivity contribution >= 4 is 34.6 Å². The SMILES string of the molecule is CCOCCCOC(=O)c1cc2cc(NC(=O)[C@@H]3[C@H](C4CCCCC4)CCN3C(=O)O)ccc2o1. The van der Waals surface area contributed by atoms with Crippen LogP contribution in [0.1, 0.15) is 62.4 Å². The Labute approximate surface area is 204 Å². The minimum absolute atomic E-state index is 0.0353. The second-order valence-electron chi connectivity index (χ2n) is 9.31. The fraction of sp³-hybridized carbons (Fsp3) is 0.577. The van der Waals surface area contributed by atoms with Crippen LogP contribution in [0.4, 0.5) is 10.5 Å². The van der Waals surface area contributed by atoms with Gasteiger partial charge in [0.2, 0.25) is 11.7 Å². The molecule has 1 aliphatic heterocycles. The maximum Gasteiger partial charge on any atom is 0.407 e. The number of esters is 1. The number of nitrogens with zero attached hydrogens (tertiary/aromatic N) is 1. The molecule has 0 unspecified atom stereocenters. The lowest BCUT2D eigenvalue weighted by Crippen LogP contribution is -2.47. The van der Waals surface area contributed by atoms with Gasteiger partial charge in [-0.05, 0) is 49.4 Å². The number of anilines is 1. The van der Waals surface area contributed by atoms with Crippen LogP contribution in [0.5, 0.6) is 0 Å². The van der Waals surface area contributed by atoms with Crippen molar-refractivity contribution in [2.75, 3.05) is 31.7 Å². The zero-order valence-corrected chi connectivity index (χ0v) is 20.2. The van der Waals surface area contributed by atoms with Crippen molar-refractivity contribution in [2.24, 2.45) is 11.8 Å². The molecule has 0 bridgehead atoms. The van der Waals surface area contributed by atoms with Gasteiger partial charge in [-0.25, -0.2) is 9.59 Å². The van der Waals surface area contributed by atoms with Crippen LogP contribution < -0.4 is 5.32 Å². The molecule has 0 spiro atoms. The predicted octanol–water partition coefficient (Wildman–Crippen LogP) is 4.90. The fourth-order valence-electron chi connectivity index (χ4n) is 5.40. The van der Waals surface area contributed by atoms with Gasteiger partial charge >= 0.3 is 12.1 Å². The molecule has 1 aromatic heterocycles. The van der Waals surface area contributed by atoms with Crippen molar-refractivity contribution in [1.82, 2.24) is 4.90 Å². The van der Waals surface area contributed by atoms with E-state index in [2.05, 4.69) is 5.32 Å². The van der Waals surface area contributed by atoms with E-state index in [9.17, 15) is 19.5 Å². The van der Waals surface area contributed by atoms with Gasteiger partial charge in [-0.2, -0.15) is 0 Å². The molecule has 2 aromatic rings. The van der Waals surface area contributed by atoms with Gasteiger partial charge in [-0.1, -0.05) is 32.1 Å². The molecule has 2 atom stereocenters. The first-order valence-electron chi connectivity index (χ1n) is 12.6. The van der Waals surface area contributed by atoms with E-state index < -0.39 is 18.1 Å². The Hall–Kier alpha value is -3.07. The normalized spacial score (nSPS) is 20.8. The zero-order chi connectivity index (χ0) is 24.8. The monoisotopic (exact) mass is 486 g/mol. The lowest BCUT2D eigenvalue weighted by molar-refractivity contribution is -0.121. The van der Waals surface area contributed by atoms with Crippen LogP contribution in [-0.4, -0.2) is 60.4 Å². The number of amides is 2. The maximum absolute atomic E-state index is 13.3. The van der Waals surface area contributed by atoms with Crippen LogP contribution in [0.3, 0.4) is 0 Å². The summed E-state index contributed by atoms with van der Waals surface area (Å²) in [6.45, 7) is 3.66. The predicted molar refractivity (Wildman–Crippen MR) is 129 cm³/mol. The number of furan rings is 1. The molecular weight excluding hydrogens is 452 g/mol. The molecule has 2 amide bonds. The van der Waals surface area contributed by atoms with E-state index in [1.54, 1.807) is 24.3 Å². The summed E-state index contributed by atoms with van der Waals surface area (Å²) in [7, 11) is 0. The largest absolute Gasteiger partial charge is 0.465 e. The van der Waals surface area contributed by atoms with Crippen molar-refractivity contribution in [3.05, 3.63) is 30.0 Å². The smallest absolute Gasteiger partial charge is 0.407 e. The van der Waals surface area contributed by atoms with Crippen molar-refractivity contribution in [2.45, 2.75) is 57.9 Å². The second kappa shape index (κ2) is 11.6. The first kappa shape index (κ1) is 25.0. The van der Waals surface area contributed by atoms with Crippen molar-refractivity contribution in [3.63, 3.8) is 0 Å². The average molecular weight is 487 g/mol. The maximum atomic E-state index is 13.3. The third kappa shape index (κ3) is 5.96. The lowest BCUT2D eigenvalue weighted by atomic mass is 9.76. The van der Waals surface area contributed by atoms with Crippen LogP contribution >= 0.6 is 0 Å². The van der Waals surface area contributed by atoms with E-state index in [1.165, 1.54) is 11.3 Å². The number of nitrogens with one attached hydrogen (secondary N) is 1. The van der Waals surface area contributed by atoms with Crippen molar-refractivity contribution in [3.8, 4) is 0 Å². The summed E-state index contributed by atoms with van der Waals surface area (Å²) in [6, 6.07) is 5.98. The molecule has 4 rings (SSSR count). The van der Waals surface area contributed by atoms with Gasteiger partial charge in [0.05, 0.1) is 6.61 Å². The van der Waals surface area contributed by atoms with Gasteiger partial charge in [0.15, 0.2) is 0 Å².